The van der Waals surface area contributed by atoms with Gasteiger partial charge < -0.3 is 15.0 Å². The number of aromatic nitrogens is 4. The number of benzene rings is 2. The Labute approximate surface area is 292 Å². The Balaban J connectivity index is 1.35. The number of rotatable bonds is 10. The number of morpholine rings is 1. The van der Waals surface area contributed by atoms with E-state index >= 15 is 0 Å². The Bertz CT molecular complexity index is 1930. The van der Waals surface area contributed by atoms with Gasteiger partial charge in [-0.05, 0) is 36.2 Å². The molecular formula is C36H37F3N8O4. The second kappa shape index (κ2) is 14.8. The van der Waals surface area contributed by atoms with E-state index in [1.807, 2.05) is 42.5 Å². The molecule has 0 unspecified atom stereocenters. The van der Waals surface area contributed by atoms with Gasteiger partial charge in [-0.1, -0.05) is 49.0 Å². The average Bonchev–Trinajstić information content (AvgIpc) is 3.56. The third-order valence-corrected chi connectivity index (χ3v) is 8.88. The first-order chi connectivity index (χ1) is 24.5. The normalized spacial score (nSPS) is 17.9. The summed E-state index contributed by atoms with van der Waals surface area (Å²) in [5.74, 6) is -2.80. The van der Waals surface area contributed by atoms with Crippen molar-refractivity contribution in [2.75, 3.05) is 51.3 Å². The van der Waals surface area contributed by atoms with Gasteiger partial charge in [0, 0.05) is 63.0 Å². The molecule has 12 nitrogen and oxygen atoms in total. The van der Waals surface area contributed by atoms with Crippen LogP contribution in [-0.4, -0.2) is 99.8 Å². The number of halogens is 3. The molecule has 4 aromatic rings. The number of carbonyl (C=O) groups excluding carboxylic acids is 3. The quantitative estimate of drug-likeness (QED) is 0.248. The van der Waals surface area contributed by atoms with Gasteiger partial charge in [0.1, 0.15) is 17.6 Å². The maximum Gasteiger partial charge on any atom is 0.433 e. The average molecular weight is 703 g/mol. The summed E-state index contributed by atoms with van der Waals surface area (Å²) in [6.07, 6.45) is -2.33. The number of para-hydroxylation sites is 1. The van der Waals surface area contributed by atoms with Crippen LogP contribution in [0.25, 0.3) is 5.69 Å². The molecule has 3 amide bonds. The molecule has 0 aliphatic carbocycles. The number of hydrogen-bond acceptors (Lipinski definition) is 8. The molecular weight excluding hydrogens is 665 g/mol. The van der Waals surface area contributed by atoms with Crippen molar-refractivity contribution in [2.24, 2.45) is 0 Å². The van der Waals surface area contributed by atoms with Gasteiger partial charge in [0.15, 0.2) is 0 Å². The van der Waals surface area contributed by atoms with Crippen LogP contribution in [0, 0.1) is 0 Å². The SMILES string of the molecule is C=C(CN1CCOCC1)C(=O)N(C)Cc1cccc([C@@H]2c3cnn(-c4ccccc4)c3N(CC)C(=O)[C@H]2NC(=O)c2nccc(C(F)(F)F)n2)c1. The van der Waals surface area contributed by atoms with Gasteiger partial charge in [-0.2, -0.15) is 18.3 Å². The van der Waals surface area contributed by atoms with E-state index in [-0.39, 0.29) is 19.0 Å². The molecule has 1 N–H and O–H groups in total. The third-order valence-electron chi connectivity index (χ3n) is 8.88. The lowest BCUT2D eigenvalue weighted by molar-refractivity contribution is -0.141. The number of hydrogen-bond donors (Lipinski definition) is 1. The molecule has 1 saturated heterocycles. The minimum Gasteiger partial charge on any atom is -0.379 e. The van der Waals surface area contributed by atoms with E-state index in [1.54, 1.807) is 41.9 Å². The van der Waals surface area contributed by atoms with Crippen molar-refractivity contribution in [1.82, 2.24) is 34.9 Å². The molecule has 2 aliphatic rings. The van der Waals surface area contributed by atoms with Crippen molar-refractivity contribution >= 4 is 23.5 Å². The number of alkyl halides is 3. The van der Waals surface area contributed by atoms with Crippen LogP contribution < -0.4 is 10.2 Å². The first-order valence-electron chi connectivity index (χ1n) is 16.4. The van der Waals surface area contributed by atoms with Crippen molar-refractivity contribution in [2.45, 2.75) is 31.6 Å². The predicted molar refractivity (Wildman–Crippen MR) is 181 cm³/mol. The van der Waals surface area contributed by atoms with Crippen LogP contribution in [-0.2, 0) is 27.0 Å². The lowest BCUT2D eigenvalue weighted by atomic mass is 9.82. The smallest absolute Gasteiger partial charge is 0.379 e. The van der Waals surface area contributed by atoms with Crippen LogP contribution in [0.3, 0.4) is 0 Å². The van der Waals surface area contributed by atoms with Gasteiger partial charge in [-0.25, -0.2) is 14.6 Å². The highest BCUT2D eigenvalue weighted by molar-refractivity contribution is 6.04. The second-order valence-electron chi connectivity index (χ2n) is 12.3. The first kappa shape index (κ1) is 35.4. The molecule has 0 saturated carbocycles. The standard InChI is InChI=1S/C36H37F3N8O4/c1-4-46-33-27(20-41-47(33)26-11-6-5-7-12-26)29(30(35(46)50)43-32(48)31-40-14-13-28(42-31)36(37,38)39)25-10-8-9-24(19-25)22-44(3)34(49)23(2)21-45-15-17-51-18-16-45/h5-14,19-20,29-30H,2,4,15-18,21-22H2,1,3H3,(H,43,48)/t29-,30+/m1/s1. The summed E-state index contributed by atoms with van der Waals surface area (Å²) >= 11 is 0. The maximum atomic E-state index is 14.3. The molecule has 2 aromatic heterocycles. The third kappa shape index (κ3) is 7.54. The molecule has 2 aliphatic heterocycles. The highest BCUT2D eigenvalue weighted by atomic mass is 19.4. The molecule has 0 spiro atoms. The Hall–Kier alpha value is -5.41. The van der Waals surface area contributed by atoms with Crippen LogP contribution in [0.5, 0.6) is 0 Å². The number of fused-ring (bicyclic) bond motifs is 1. The molecule has 6 rings (SSSR count). The number of ether oxygens (including phenoxy) is 1. The number of nitrogens with one attached hydrogen (secondary N) is 1. The topological polar surface area (TPSA) is 126 Å². The van der Waals surface area contributed by atoms with Crippen molar-refractivity contribution < 1.29 is 32.3 Å². The minimum absolute atomic E-state index is 0.212. The Kier molecular flexibility index (Phi) is 10.3. The summed E-state index contributed by atoms with van der Waals surface area (Å²) in [6, 6.07) is 15.9. The van der Waals surface area contributed by atoms with Crippen LogP contribution >= 0.6 is 0 Å². The molecule has 4 heterocycles. The number of amides is 3. The van der Waals surface area contributed by atoms with E-state index in [2.05, 4.69) is 31.9 Å². The molecule has 2 aromatic carbocycles. The van der Waals surface area contributed by atoms with E-state index in [4.69, 9.17) is 4.74 Å². The number of nitrogens with zero attached hydrogens (tertiary/aromatic N) is 7. The van der Waals surface area contributed by atoms with Gasteiger partial charge in [-0.15, -0.1) is 0 Å². The predicted octanol–water partition coefficient (Wildman–Crippen LogP) is 3.82. The van der Waals surface area contributed by atoms with Crippen LogP contribution in [0.1, 0.15) is 45.8 Å². The fourth-order valence-corrected chi connectivity index (χ4v) is 6.45. The molecule has 2 atom stereocenters. The molecule has 51 heavy (non-hydrogen) atoms. The molecule has 0 radical (unpaired) electrons. The molecule has 266 valence electrons. The van der Waals surface area contributed by atoms with Crippen molar-refractivity contribution in [3.05, 3.63) is 113 Å². The van der Waals surface area contributed by atoms with E-state index in [9.17, 15) is 27.6 Å². The lowest BCUT2D eigenvalue weighted by Crippen LogP contribution is -2.55. The summed E-state index contributed by atoms with van der Waals surface area (Å²) < 4.78 is 47.4. The van der Waals surface area contributed by atoms with E-state index in [0.29, 0.717) is 67.1 Å². The Morgan fingerprint density at radius 3 is 2.53 bits per heavy atom. The zero-order valence-corrected chi connectivity index (χ0v) is 28.1. The maximum absolute atomic E-state index is 14.3. The summed E-state index contributed by atoms with van der Waals surface area (Å²) in [4.78, 5) is 53.5. The fourth-order valence-electron chi connectivity index (χ4n) is 6.45. The lowest BCUT2D eigenvalue weighted by Gasteiger charge is -2.38. The number of likely N-dealkylation sites (N-methyl/N-ethyl adjacent to an activating group) is 2. The number of carbonyl (C=O) groups is 3. The zero-order chi connectivity index (χ0) is 36.3. The summed E-state index contributed by atoms with van der Waals surface area (Å²) in [7, 11) is 1.68. The largest absolute Gasteiger partial charge is 0.433 e. The molecule has 15 heteroatoms. The Morgan fingerprint density at radius 2 is 1.82 bits per heavy atom. The van der Waals surface area contributed by atoms with Crippen molar-refractivity contribution in [3.8, 4) is 5.69 Å². The van der Waals surface area contributed by atoms with Crippen molar-refractivity contribution in [1.29, 1.82) is 0 Å². The highest BCUT2D eigenvalue weighted by Gasteiger charge is 2.45. The zero-order valence-electron chi connectivity index (χ0n) is 28.1. The Morgan fingerprint density at radius 1 is 1.08 bits per heavy atom. The van der Waals surface area contributed by atoms with Gasteiger partial charge >= 0.3 is 6.18 Å². The van der Waals surface area contributed by atoms with E-state index in [0.717, 1.165) is 11.8 Å². The first-order valence-corrected chi connectivity index (χ1v) is 16.4. The highest BCUT2D eigenvalue weighted by Crippen LogP contribution is 2.41. The van der Waals surface area contributed by atoms with Gasteiger partial charge in [0.2, 0.25) is 5.82 Å². The van der Waals surface area contributed by atoms with E-state index < -0.39 is 41.5 Å². The molecule has 1 fully saturated rings. The van der Waals surface area contributed by atoms with Crippen LogP contribution in [0.2, 0.25) is 0 Å². The van der Waals surface area contributed by atoms with Gasteiger partial charge in [0.05, 0.1) is 25.1 Å². The summed E-state index contributed by atoms with van der Waals surface area (Å²) in [6.45, 7) is 9.30. The summed E-state index contributed by atoms with van der Waals surface area (Å²) in [5, 5.41) is 7.28. The second-order valence-corrected chi connectivity index (χ2v) is 12.3. The van der Waals surface area contributed by atoms with Crippen molar-refractivity contribution in [3.63, 3.8) is 0 Å². The fraction of sp³-hybridized carbons (Fsp3) is 0.333. The minimum atomic E-state index is -4.80. The monoisotopic (exact) mass is 702 g/mol. The van der Waals surface area contributed by atoms with Crippen LogP contribution in [0.4, 0.5) is 19.0 Å². The van der Waals surface area contributed by atoms with Gasteiger partial charge in [0.25, 0.3) is 17.7 Å². The number of anilines is 1. The summed E-state index contributed by atoms with van der Waals surface area (Å²) in [5.41, 5.74) is 1.84. The van der Waals surface area contributed by atoms with E-state index in [1.165, 1.54) is 4.90 Å². The van der Waals surface area contributed by atoms with Gasteiger partial charge in [-0.3, -0.25) is 24.2 Å². The molecule has 0 bridgehead atoms. The van der Waals surface area contributed by atoms with Crippen LogP contribution in [0.15, 0.2) is 85.2 Å².